The molecule has 0 aromatic rings. The van der Waals surface area contributed by atoms with Gasteiger partial charge in [0, 0.05) is 0 Å². The first kappa shape index (κ1) is 7.43. The number of rotatable bonds is 3. The van der Waals surface area contributed by atoms with Crippen LogP contribution in [0.4, 0.5) is 0 Å². The molecular formula is C5H13N2O+. The van der Waals surface area contributed by atoms with Crippen molar-refractivity contribution in [2.45, 2.75) is 6.92 Å². The van der Waals surface area contributed by atoms with Gasteiger partial charge in [-0.3, -0.25) is 0 Å². The zero-order chi connectivity index (χ0) is 6.41. The van der Waals surface area contributed by atoms with Gasteiger partial charge in [0.2, 0.25) is 0 Å². The van der Waals surface area contributed by atoms with Gasteiger partial charge in [-0.15, -0.1) is 0 Å². The zero-order valence-corrected chi connectivity index (χ0v) is 5.64. The summed E-state index contributed by atoms with van der Waals surface area (Å²) in [6.45, 7) is 2.84. The van der Waals surface area contributed by atoms with E-state index in [1.165, 1.54) is 0 Å². The minimum atomic E-state index is 0.911. The summed E-state index contributed by atoms with van der Waals surface area (Å²) in [7, 11) is 3.55. The minimum Gasteiger partial charge on any atom is -0.399 e. The van der Waals surface area contributed by atoms with E-state index in [0.29, 0.717) is 0 Å². The summed E-state index contributed by atoms with van der Waals surface area (Å²) in [5.74, 6) is 0. The maximum Gasteiger partial charge on any atom is 0.117 e. The average Bonchev–Trinajstić information content (AvgIpc) is 1.68. The van der Waals surface area contributed by atoms with E-state index >= 15 is 0 Å². The minimum absolute atomic E-state index is 0.911. The van der Waals surface area contributed by atoms with Crippen molar-refractivity contribution >= 4 is 5.71 Å². The third kappa shape index (κ3) is 3.61. The van der Waals surface area contributed by atoms with Crippen LogP contribution >= 0.6 is 0 Å². The van der Waals surface area contributed by atoms with E-state index in [-0.39, 0.29) is 0 Å². The predicted molar refractivity (Wildman–Crippen MR) is 32.8 cm³/mol. The van der Waals surface area contributed by atoms with Crippen molar-refractivity contribution in [3.05, 3.63) is 0 Å². The number of quaternary nitrogens is 1. The van der Waals surface area contributed by atoms with E-state index < -0.39 is 0 Å². The number of oxime groups is 1. The van der Waals surface area contributed by atoms with Crippen LogP contribution in [0.5, 0.6) is 0 Å². The van der Waals surface area contributed by atoms with E-state index in [2.05, 4.69) is 9.99 Å². The van der Waals surface area contributed by atoms with E-state index in [1.807, 2.05) is 19.3 Å². The summed E-state index contributed by atoms with van der Waals surface area (Å²) in [6, 6.07) is 0. The molecular weight excluding hydrogens is 104 g/mol. The summed E-state index contributed by atoms with van der Waals surface area (Å²) < 4.78 is 0. The van der Waals surface area contributed by atoms with Gasteiger partial charge in [-0.1, -0.05) is 5.16 Å². The average molecular weight is 117 g/mol. The van der Waals surface area contributed by atoms with Gasteiger partial charge in [0.05, 0.1) is 7.05 Å². The lowest BCUT2D eigenvalue weighted by atomic mass is 10.4. The SMILES string of the molecule is C[NH2+]CC(C)=NOC. The molecule has 2 N–H and O–H groups in total. The van der Waals surface area contributed by atoms with Gasteiger partial charge in [0.25, 0.3) is 0 Å². The molecule has 0 saturated heterocycles. The molecule has 0 fully saturated rings. The van der Waals surface area contributed by atoms with Gasteiger partial charge in [-0.05, 0) is 6.92 Å². The fraction of sp³-hybridized carbons (Fsp3) is 0.800. The fourth-order valence-electron chi connectivity index (χ4n) is 0.489. The van der Waals surface area contributed by atoms with Crippen molar-refractivity contribution in [1.82, 2.24) is 0 Å². The molecule has 0 aliphatic carbocycles. The normalized spacial score (nSPS) is 11.6. The highest BCUT2D eigenvalue weighted by atomic mass is 16.6. The molecule has 3 nitrogen and oxygen atoms in total. The second-order valence-corrected chi connectivity index (χ2v) is 1.62. The molecule has 0 aromatic heterocycles. The monoisotopic (exact) mass is 117 g/mol. The Kier molecular flexibility index (Phi) is 4.26. The molecule has 3 heteroatoms. The maximum absolute atomic E-state index is 4.52. The Labute approximate surface area is 49.7 Å². The van der Waals surface area contributed by atoms with Crippen LogP contribution in [-0.2, 0) is 4.84 Å². The highest BCUT2D eigenvalue weighted by Crippen LogP contribution is 1.70. The molecule has 48 valence electrons. The van der Waals surface area contributed by atoms with Gasteiger partial charge < -0.3 is 10.2 Å². The van der Waals surface area contributed by atoms with Gasteiger partial charge in [-0.25, -0.2) is 0 Å². The van der Waals surface area contributed by atoms with Crippen LogP contribution in [0.1, 0.15) is 6.92 Å². The van der Waals surface area contributed by atoms with E-state index in [0.717, 1.165) is 12.3 Å². The molecule has 0 bridgehead atoms. The number of hydrogen-bond acceptors (Lipinski definition) is 2. The van der Waals surface area contributed by atoms with Crippen LogP contribution in [0.25, 0.3) is 0 Å². The summed E-state index contributed by atoms with van der Waals surface area (Å²) in [5, 5.41) is 5.74. The molecule has 0 atom stereocenters. The Morgan fingerprint density at radius 2 is 2.38 bits per heavy atom. The third-order valence-corrected chi connectivity index (χ3v) is 0.747. The van der Waals surface area contributed by atoms with Crippen molar-refractivity contribution in [2.24, 2.45) is 5.16 Å². The standard InChI is InChI=1S/C5H12N2O/c1-5(4-6-2)7-8-3/h6H,4H2,1-3H3/p+1. The van der Waals surface area contributed by atoms with Crippen molar-refractivity contribution in [3.63, 3.8) is 0 Å². The van der Waals surface area contributed by atoms with Crippen LogP contribution < -0.4 is 5.32 Å². The van der Waals surface area contributed by atoms with Gasteiger partial charge in [0.1, 0.15) is 19.4 Å². The van der Waals surface area contributed by atoms with E-state index in [4.69, 9.17) is 0 Å². The molecule has 0 spiro atoms. The van der Waals surface area contributed by atoms with Crippen LogP contribution in [0.15, 0.2) is 5.16 Å². The lowest BCUT2D eigenvalue weighted by molar-refractivity contribution is -0.612. The van der Waals surface area contributed by atoms with Crippen LogP contribution in [0, 0.1) is 0 Å². The second-order valence-electron chi connectivity index (χ2n) is 1.62. The molecule has 0 aromatic carbocycles. The molecule has 0 rings (SSSR count). The largest absolute Gasteiger partial charge is 0.399 e. The summed E-state index contributed by atoms with van der Waals surface area (Å²) in [5.41, 5.74) is 1.01. The number of nitrogens with two attached hydrogens (primary N) is 1. The first-order valence-electron chi connectivity index (χ1n) is 2.65. The molecule has 0 amide bonds. The Balaban J connectivity index is 3.29. The van der Waals surface area contributed by atoms with Crippen LogP contribution in [0.2, 0.25) is 0 Å². The lowest BCUT2D eigenvalue weighted by Crippen LogP contribution is -2.81. The predicted octanol–water partition coefficient (Wildman–Crippen LogP) is -0.798. The molecule has 0 radical (unpaired) electrons. The van der Waals surface area contributed by atoms with Crippen LogP contribution in [0.3, 0.4) is 0 Å². The van der Waals surface area contributed by atoms with E-state index in [9.17, 15) is 0 Å². The zero-order valence-electron chi connectivity index (χ0n) is 5.64. The fourth-order valence-corrected chi connectivity index (χ4v) is 0.489. The number of nitrogens with zero attached hydrogens (tertiary/aromatic N) is 1. The Morgan fingerprint density at radius 1 is 1.75 bits per heavy atom. The van der Waals surface area contributed by atoms with Crippen molar-refractivity contribution in [1.29, 1.82) is 0 Å². The molecule has 0 aliphatic heterocycles. The number of hydrogen-bond donors (Lipinski definition) is 1. The highest BCUT2D eigenvalue weighted by Gasteiger charge is 1.87. The van der Waals surface area contributed by atoms with Crippen molar-refractivity contribution in [2.75, 3.05) is 20.7 Å². The Bertz CT molecular complexity index is 80.5. The summed E-state index contributed by atoms with van der Waals surface area (Å²) in [4.78, 5) is 4.52. The summed E-state index contributed by atoms with van der Waals surface area (Å²) in [6.07, 6.45) is 0. The molecule has 0 aliphatic rings. The second kappa shape index (κ2) is 4.59. The van der Waals surface area contributed by atoms with Gasteiger partial charge in [0.15, 0.2) is 0 Å². The lowest BCUT2D eigenvalue weighted by Gasteiger charge is -1.92. The van der Waals surface area contributed by atoms with Crippen molar-refractivity contribution < 1.29 is 10.2 Å². The Hall–Kier alpha value is -0.570. The van der Waals surface area contributed by atoms with Gasteiger partial charge in [-0.2, -0.15) is 0 Å². The maximum atomic E-state index is 4.52. The molecule has 0 heterocycles. The topological polar surface area (TPSA) is 38.2 Å². The first-order valence-corrected chi connectivity index (χ1v) is 2.65. The summed E-state index contributed by atoms with van der Waals surface area (Å²) >= 11 is 0. The smallest absolute Gasteiger partial charge is 0.117 e. The van der Waals surface area contributed by atoms with Crippen LogP contribution in [-0.4, -0.2) is 26.4 Å². The quantitative estimate of drug-likeness (QED) is 0.381. The third-order valence-electron chi connectivity index (χ3n) is 0.747. The van der Waals surface area contributed by atoms with Gasteiger partial charge >= 0.3 is 0 Å². The highest BCUT2D eigenvalue weighted by molar-refractivity contribution is 5.82. The molecule has 0 unspecified atom stereocenters. The molecule has 8 heavy (non-hydrogen) atoms. The van der Waals surface area contributed by atoms with Crippen molar-refractivity contribution in [3.8, 4) is 0 Å². The first-order chi connectivity index (χ1) is 3.81. The Morgan fingerprint density at radius 3 is 2.75 bits per heavy atom. The van der Waals surface area contributed by atoms with E-state index in [1.54, 1.807) is 7.11 Å². The molecule has 0 saturated carbocycles.